The molecule has 2 aromatic rings. The number of aromatic hydroxyl groups is 1. The summed E-state index contributed by atoms with van der Waals surface area (Å²) in [7, 11) is 0. The largest absolute Gasteiger partial charge is 0.508 e. The van der Waals surface area contributed by atoms with Crippen LogP contribution in [-0.2, 0) is 13.0 Å². The van der Waals surface area contributed by atoms with Gasteiger partial charge in [-0.25, -0.2) is 4.98 Å². The summed E-state index contributed by atoms with van der Waals surface area (Å²) in [4.78, 5) is 7.02. The van der Waals surface area contributed by atoms with Gasteiger partial charge in [0.1, 0.15) is 5.75 Å². The van der Waals surface area contributed by atoms with Crippen molar-refractivity contribution in [3.63, 3.8) is 0 Å². The van der Waals surface area contributed by atoms with E-state index in [1.165, 1.54) is 43.5 Å². The molecule has 2 heterocycles. The second kappa shape index (κ2) is 7.05. The molecule has 0 saturated carbocycles. The first kappa shape index (κ1) is 14.5. The van der Waals surface area contributed by atoms with E-state index in [0.717, 1.165) is 13.0 Å². The quantitative estimate of drug-likeness (QED) is 0.911. The maximum absolute atomic E-state index is 9.35. The third-order valence-electron chi connectivity index (χ3n) is 4.30. The molecular weight excluding hydrogens is 280 g/mol. The zero-order chi connectivity index (χ0) is 14.5. The number of benzene rings is 1. The molecule has 0 spiro atoms. The summed E-state index contributed by atoms with van der Waals surface area (Å²) >= 11 is 1.68. The molecule has 0 aliphatic carbocycles. The van der Waals surface area contributed by atoms with Gasteiger partial charge in [-0.1, -0.05) is 18.6 Å². The average molecular weight is 302 g/mol. The fourth-order valence-electron chi connectivity index (χ4n) is 3.11. The molecule has 1 aliphatic rings. The Bertz CT molecular complexity index is 538. The van der Waals surface area contributed by atoms with Gasteiger partial charge in [-0.3, -0.25) is 4.90 Å². The molecule has 21 heavy (non-hydrogen) atoms. The minimum absolute atomic E-state index is 0.349. The van der Waals surface area contributed by atoms with Gasteiger partial charge in [-0.2, -0.15) is 0 Å². The van der Waals surface area contributed by atoms with Crippen LogP contribution in [0.5, 0.6) is 5.75 Å². The van der Waals surface area contributed by atoms with Gasteiger partial charge in [0, 0.05) is 18.0 Å². The number of nitrogens with zero attached hydrogens (tertiary/aromatic N) is 2. The Morgan fingerprint density at radius 3 is 2.86 bits per heavy atom. The molecule has 1 aromatic carbocycles. The monoisotopic (exact) mass is 302 g/mol. The van der Waals surface area contributed by atoms with Gasteiger partial charge >= 0.3 is 0 Å². The van der Waals surface area contributed by atoms with E-state index in [0.29, 0.717) is 11.8 Å². The van der Waals surface area contributed by atoms with Gasteiger partial charge in [0.05, 0.1) is 11.2 Å². The molecule has 1 atom stereocenters. The van der Waals surface area contributed by atoms with Crippen LogP contribution < -0.4 is 0 Å². The lowest BCUT2D eigenvalue weighted by Gasteiger charge is -2.35. The molecule has 1 aromatic heterocycles. The van der Waals surface area contributed by atoms with E-state index in [2.05, 4.69) is 15.3 Å². The maximum Gasteiger partial charge on any atom is 0.115 e. The van der Waals surface area contributed by atoms with Gasteiger partial charge in [-0.15, -0.1) is 11.3 Å². The molecule has 1 aliphatic heterocycles. The van der Waals surface area contributed by atoms with Gasteiger partial charge in [0.2, 0.25) is 0 Å². The van der Waals surface area contributed by atoms with Gasteiger partial charge in [-0.05, 0) is 49.9 Å². The summed E-state index contributed by atoms with van der Waals surface area (Å²) in [6, 6.07) is 8.28. The van der Waals surface area contributed by atoms with Gasteiger partial charge < -0.3 is 5.11 Å². The van der Waals surface area contributed by atoms with Crippen molar-refractivity contribution in [3.05, 3.63) is 46.4 Å². The first-order valence-corrected chi connectivity index (χ1v) is 8.64. The molecule has 0 unspecified atom stereocenters. The van der Waals surface area contributed by atoms with E-state index >= 15 is 0 Å². The smallest absolute Gasteiger partial charge is 0.115 e. The molecule has 0 bridgehead atoms. The minimum Gasteiger partial charge on any atom is -0.508 e. The molecule has 1 saturated heterocycles. The zero-order valence-corrected chi connectivity index (χ0v) is 13.1. The molecule has 1 fully saturated rings. The number of piperidine rings is 1. The van der Waals surface area contributed by atoms with Crippen molar-refractivity contribution in [2.45, 2.75) is 44.7 Å². The molecule has 3 rings (SSSR count). The number of phenols is 1. The number of phenolic OH excluding ortho intramolecular Hbond substituents is 1. The van der Waals surface area contributed by atoms with Crippen molar-refractivity contribution in [1.29, 1.82) is 0 Å². The Labute approximate surface area is 130 Å². The molecule has 0 amide bonds. The molecule has 4 heteroatoms. The van der Waals surface area contributed by atoms with Crippen LogP contribution in [0.4, 0.5) is 0 Å². The Balaban J connectivity index is 1.57. The summed E-state index contributed by atoms with van der Waals surface area (Å²) in [5.74, 6) is 0.349. The summed E-state index contributed by atoms with van der Waals surface area (Å²) in [6.45, 7) is 2.18. The number of likely N-dealkylation sites (tertiary alicyclic amines) is 1. The van der Waals surface area contributed by atoms with Crippen molar-refractivity contribution < 1.29 is 5.11 Å². The predicted octanol–water partition coefficient (Wildman–Crippen LogP) is 3.84. The predicted molar refractivity (Wildman–Crippen MR) is 86.6 cm³/mol. The van der Waals surface area contributed by atoms with E-state index in [-0.39, 0.29) is 0 Å². The standard InChI is InChI=1S/C17H22N2OS/c20-17-8-5-14(6-9-17)4-7-16-3-1-2-10-19(16)11-15-12-21-13-18-15/h5-6,8-9,12-13,16,20H,1-4,7,10-11H2/t16-/m1/s1. The number of hydrogen-bond donors (Lipinski definition) is 1. The third-order valence-corrected chi connectivity index (χ3v) is 4.94. The summed E-state index contributed by atoms with van der Waals surface area (Å²) in [5.41, 5.74) is 4.44. The maximum atomic E-state index is 9.35. The topological polar surface area (TPSA) is 36.4 Å². The second-order valence-electron chi connectivity index (χ2n) is 5.80. The molecule has 1 N–H and O–H groups in total. The SMILES string of the molecule is Oc1ccc(CC[C@H]2CCCCN2Cc2cscn2)cc1. The Kier molecular flexibility index (Phi) is 4.88. The minimum atomic E-state index is 0.349. The number of hydrogen-bond acceptors (Lipinski definition) is 4. The summed E-state index contributed by atoms with van der Waals surface area (Å²) in [6.07, 6.45) is 6.21. The van der Waals surface area contributed by atoms with Crippen LogP contribution >= 0.6 is 11.3 Å². The Morgan fingerprint density at radius 1 is 1.24 bits per heavy atom. The summed E-state index contributed by atoms with van der Waals surface area (Å²) < 4.78 is 0. The van der Waals surface area contributed by atoms with Crippen molar-refractivity contribution in [1.82, 2.24) is 9.88 Å². The highest BCUT2D eigenvalue weighted by Gasteiger charge is 2.22. The van der Waals surface area contributed by atoms with E-state index in [1.54, 1.807) is 23.5 Å². The van der Waals surface area contributed by atoms with E-state index in [4.69, 9.17) is 0 Å². The first-order valence-electron chi connectivity index (χ1n) is 7.70. The van der Waals surface area contributed by atoms with Crippen LogP contribution in [0, 0.1) is 0 Å². The lowest BCUT2D eigenvalue weighted by Crippen LogP contribution is -2.39. The van der Waals surface area contributed by atoms with Crippen LogP contribution in [0.3, 0.4) is 0 Å². The lowest BCUT2D eigenvalue weighted by atomic mass is 9.95. The van der Waals surface area contributed by atoms with Crippen molar-refractivity contribution in [2.75, 3.05) is 6.54 Å². The Morgan fingerprint density at radius 2 is 2.10 bits per heavy atom. The molecule has 3 nitrogen and oxygen atoms in total. The first-order chi connectivity index (χ1) is 10.3. The number of thiazole rings is 1. The van der Waals surface area contributed by atoms with E-state index < -0.39 is 0 Å². The number of aromatic nitrogens is 1. The van der Waals surface area contributed by atoms with Crippen molar-refractivity contribution in [2.24, 2.45) is 0 Å². The highest BCUT2D eigenvalue weighted by atomic mass is 32.1. The zero-order valence-electron chi connectivity index (χ0n) is 12.2. The van der Waals surface area contributed by atoms with Crippen molar-refractivity contribution in [3.8, 4) is 5.75 Å². The number of rotatable bonds is 5. The molecule has 112 valence electrons. The van der Waals surface area contributed by atoms with E-state index in [9.17, 15) is 5.11 Å². The van der Waals surface area contributed by atoms with Crippen LogP contribution in [-0.4, -0.2) is 27.6 Å². The van der Waals surface area contributed by atoms with Crippen LogP contribution in [0.1, 0.15) is 36.9 Å². The normalized spacial score (nSPS) is 19.7. The fraction of sp³-hybridized carbons (Fsp3) is 0.471. The molecule has 0 radical (unpaired) electrons. The van der Waals surface area contributed by atoms with Crippen LogP contribution in [0.15, 0.2) is 35.2 Å². The highest BCUT2D eigenvalue weighted by molar-refractivity contribution is 7.07. The van der Waals surface area contributed by atoms with Crippen LogP contribution in [0.2, 0.25) is 0 Å². The fourth-order valence-corrected chi connectivity index (χ4v) is 3.66. The molecular formula is C17H22N2OS. The van der Waals surface area contributed by atoms with Gasteiger partial charge in [0.15, 0.2) is 0 Å². The van der Waals surface area contributed by atoms with Crippen molar-refractivity contribution >= 4 is 11.3 Å². The highest BCUT2D eigenvalue weighted by Crippen LogP contribution is 2.23. The lowest BCUT2D eigenvalue weighted by molar-refractivity contribution is 0.131. The number of aryl methyl sites for hydroxylation is 1. The summed E-state index contributed by atoms with van der Waals surface area (Å²) in [5, 5.41) is 11.5. The van der Waals surface area contributed by atoms with Gasteiger partial charge in [0.25, 0.3) is 0 Å². The average Bonchev–Trinajstić information content (AvgIpc) is 3.01. The van der Waals surface area contributed by atoms with Crippen LogP contribution in [0.25, 0.3) is 0 Å². The van der Waals surface area contributed by atoms with E-state index in [1.807, 2.05) is 17.6 Å². The second-order valence-corrected chi connectivity index (χ2v) is 6.52. The third kappa shape index (κ3) is 4.05. The Hall–Kier alpha value is -1.39.